The molecule has 0 bridgehead atoms. The average molecular weight is 306 g/mol. The summed E-state index contributed by atoms with van der Waals surface area (Å²) in [5.41, 5.74) is 6.57. The van der Waals surface area contributed by atoms with E-state index < -0.39 is 11.4 Å². The van der Waals surface area contributed by atoms with Gasteiger partial charge in [-0.1, -0.05) is 0 Å². The van der Waals surface area contributed by atoms with E-state index in [0.29, 0.717) is 30.5 Å². The van der Waals surface area contributed by atoms with E-state index in [1.54, 1.807) is 12.0 Å². The molecule has 2 aromatic rings. The number of ether oxygens (including phenoxy) is 1. The lowest BCUT2D eigenvalue weighted by Crippen LogP contribution is -2.50. The van der Waals surface area contributed by atoms with Crippen molar-refractivity contribution < 1.29 is 13.9 Å². The molecule has 22 heavy (non-hydrogen) atoms. The van der Waals surface area contributed by atoms with Crippen molar-refractivity contribution in [2.45, 2.75) is 25.0 Å². The lowest BCUT2D eigenvalue weighted by molar-refractivity contribution is 0.0617. The molecule has 7 heteroatoms. The second-order valence-corrected chi connectivity index (χ2v) is 5.93. The van der Waals surface area contributed by atoms with Crippen LogP contribution in [-0.2, 0) is 4.74 Å². The second kappa shape index (κ2) is 5.33. The van der Waals surface area contributed by atoms with E-state index in [1.807, 2.05) is 6.92 Å². The van der Waals surface area contributed by atoms with E-state index in [-0.39, 0.29) is 17.6 Å². The van der Waals surface area contributed by atoms with Crippen LogP contribution in [0.25, 0.3) is 11.0 Å². The number of hydrogen-bond donors (Lipinski definition) is 2. The Kier molecular flexibility index (Phi) is 3.62. The largest absolute Gasteiger partial charge is 0.380 e. The molecule has 2 heterocycles. The number of methoxy groups -OCH3 is 1. The Bertz CT molecular complexity index is 717. The monoisotopic (exact) mass is 306 g/mol. The molecule has 1 fully saturated rings. The third-order valence-electron chi connectivity index (χ3n) is 4.44. The number of H-pyrrole nitrogens is 1. The number of aromatic amines is 1. The highest BCUT2D eigenvalue weighted by Gasteiger charge is 2.44. The van der Waals surface area contributed by atoms with Gasteiger partial charge in [-0.05, 0) is 25.5 Å². The minimum absolute atomic E-state index is 0.0688. The fraction of sp³-hybridized carbons (Fsp3) is 0.467. The van der Waals surface area contributed by atoms with Crippen molar-refractivity contribution in [3.63, 3.8) is 0 Å². The highest BCUT2D eigenvalue weighted by Crippen LogP contribution is 2.32. The predicted octanol–water partition coefficient (Wildman–Crippen LogP) is 1.28. The fourth-order valence-electron chi connectivity index (χ4n) is 3.09. The molecule has 3 N–H and O–H groups in total. The number of halogens is 1. The highest BCUT2D eigenvalue weighted by atomic mass is 19.1. The number of nitrogens with one attached hydrogen (secondary N) is 1. The second-order valence-electron chi connectivity index (χ2n) is 5.93. The van der Waals surface area contributed by atoms with Gasteiger partial charge in [0.2, 0.25) is 0 Å². The molecule has 6 nitrogen and oxygen atoms in total. The first-order valence-corrected chi connectivity index (χ1v) is 7.16. The Morgan fingerprint density at radius 3 is 3.09 bits per heavy atom. The summed E-state index contributed by atoms with van der Waals surface area (Å²) in [5.74, 6) is -0.749. The van der Waals surface area contributed by atoms with Gasteiger partial charge < -0.3 is 20.4 Å². The van der Waals surface area contributed by atoms with Crippen LogP contribution in [-0.4, -0.2) is 52.6 Å². The number of fused-ring (bicyclic) bond motifs is 1. The van der Waals surface area contributed by atoms with Gasteiger partial charge in [0.1, 0.15) is 11.3 Å². The van der Waals surface area contributed by atoms with Gasteiger partial charge in [0.25, 0.3) is 5.91 Å². The van der Waals surface area contributed by atoms with Gasteiger partial charge >= 0.3 is 0 Å². The lowest BCUT2D eigenvalue weighted by Gasteiger charge is -2.33. The molecule has 0 spiro atoms. The fourth-order valence-corrected chi connectivity index (χ4v) is 3.09. The third kappa shape index (κ3) is 2.26. The first-order chi connectivity index (χ1) is 10.5. The van der Waals surface area contributed by atoms with Crippen LogP contribution in [0.3, 0.4) is 0 Å². The van der Waals surface area contributed by atoms with Crippen molar-refractivity contribution in [1.29, 1.82) is 0 Å². The van der Waals surface area contributed by atoms with Crippen LogP contribution in [0.1, 0.15) is 23.7 Å². The maximum atomic E-state index is 13.8. The number of carbonyl (C=O) groups excluding carboxylic acids is 1. The Morgan fingerprint density at radius 1 is 1.64 bits per heavy atom. The molecular formula is C15H19FN4O2. The molecule has 1 aliphatic rings. The Balaban J connectivity index is 2.03. The summed E-state index contributed by atoms with van der Waals surface area (Å²) in [6.07, 6.45) is 2.04. The van der Waals surface area contributed by atoms with Gasteiger partial charge in [0, 0.05) is 20.2 Å². The van der Waals surface area contributed by atoms with Crippen LogP contribution in [0.15, 0.2) is 18.5 Å². The minimum Gasteiger partial charge on any atom is -0.380 e. The molecule has 2 unspecified atom stereocenters. The number of rotatable bonds is 3. The molecule has 3 rings (SSSR count). The van der Waals surface area contributed by atoms with Crippen molar-refractivity contribution in [3.05, 3.63) is 29.8 Å². The molecule has 1 aromatic carbocycles. The standard InChI is InChI=1S/C15H19FN4O2/c1-15(7-17)5-10(22-2)6-20(15)14(21)11-3-9(16)4-12-13(11)19-8-18-12/h3-4,8,10H,5-7,17H2,1-2H3,(H,18,19). The van der Waals surface area contributed by atoms with Crippen LogP contribution in [0.5, 0.6) is 0 Å². The van der Waals surface area contributed by atoms with Crippen LogP contribution in [0.4, 0.5) is 4.39 Å². The topological polar surface area (TPSA) is 84.2 Å². The molecule has 2 atom stereocenters. The van der Waals surface area contributed by atoms with E-state index in [0.717, 1.165) is 0 Å². The molecule has 1 aromatic heterocycles. The maximum Gasteiger partial charge on any atom is 0.256 e. The van der Waals surface area contributed by atoms with Crippen LogP contribution in [0.2, 0.25) is 0 Å². The Hall–Kier alpha value is -1.99. The number of amides is 1. The van der Waals surface area contributed by atoms with Gasteiger partial charge in [-0.3, -0.25) is 4.79 Å². The Labute approximate surface area is 127 Å². The van der Waals surface area contributed by atoms with E-state index in [2.05, 4.69) is 9.97 Å². The molecular weight excluding hydrogens is 287 g/mol. The summed E-state index contributed by atoms with van der Waals surface area (Å²) in [4.78, 5) is 21.6. The van der Waals surface area contributed by atoms with Gasteiger partial charge in [0.15, 0.2) is 0 Å². The number of hydrogen-bond acceptors (Lipinski definition) is 4. The lowest BCUT2D eigenvalue weighted by atomic mass is 9.97. The van der Waals surface area contributed by atoms with Gasteiger partial charge in [-0.15, -0.1) is 0 Å². The van der Waals surface area contributed by atoms with E-state index in [1.165, 1.54) is 18.5 Å². The zero-order valence-corrected chi connectivity index (χ0v) is 12.6. The minimum atomic E-state index is -0.507. The van der Waals surface area contributed by atoms with Crippen molar-refractivity contribution in [2.24, 2.45) is 5.73 Å². The van der Waals surface area contributed by atoms with E-state index in [9.17, 15) is 9.18 Å². The summed E-state index contributed by atoms with van der Waals surface area (Å²) < 4.78 is 19.1. The van der Waals surface area contributed by atoms with E-state index >= 15 is 0 Å². The summed E-state index contributed by atoms with van der Waals surface area (Å²) in [6.45, 7) is 2.67. The molecule has 0 radical (unpaired) electrons. The Morgan fingerprint density at radius 2 is 2.41 bits per heavy atom. The number of nitrogens with zero attached hydrogens (tertiary/aromatic N) is 2. The van der Waals surface area contributed by atoms with Crippen LogP contribution in [0, 0.1) is 5.82 Å². The number of carbonyl (C=O) groups is 1. The van der Waals surface area contributed by atoms with Crippen molar-refractivity contribution in [1.82, 2.24) is 14.9 Å². The summed E-state index contributed by atoms with van der Waals surface area (Å²) >= 11 is 0. The van der Waals surface area contributed by atoms with Gasteiger partial charge in [-0.25, -0.2) is 9.37 Å². The molecule has 0 aliphatic carbocycles. The summed E-state index contributed by atoms with van der Waals surface area (Å²) in [7, 11) is 1.61. The van der Waals surface area contributed by atoms with Crippen molar-refractivity contribution >= 4 is 16.9 Å². The summed E-state index contributed by atoms with van der Waals surface area (Å²) in [6, 6.07) is 2.55. The first-order valence-electron chi connectivity index (χ1n) is 7.16. The maximum absolute atomic E-state index is 13.8. The number of aromatic nitrogens is 2. The first kappa shape index (κ1) is 14.9. The van der Waals surface area contributed by atoms with Gasteiger partial charge in [0.05, 0.1) is 29.1 Å². The average Bonchev–Trinajstić information content (AvgIpc) is 3.10. The SMILES string of the molecule is COC1CN(C(=O)c2cc(F)cc3[nH]cnc23)C(C)(CN)C1. The molecule has 118 valence electrons. The highest BCUT2D eigenvalue weighted by molar-refractivity contribution is 6.05. The van der Waals surface area contributed by atoms with Crippen LogP contribution >= 0.6 is 0 Å². The number of nitrogens with two attached hydrogens (primary N) is 1. The van der Waals surface area contributed by atoms with Crippen molar-refractivity contribution in [3.8, 4) is 0 Å². The van der Waals surface area contributed by atoms with Crippen LogP contribution < -0.4 is 5.73 Å². The molecule has 1 amide bonds. The van der Waals surface area contributed by atoms with E-state index in [4.69, 9.17) is 10.5 Å². The number of benzene rings is 1. The van der Waals surface area contributed by atoms with Gasteiger partial charge in [-0.2, -0.15) is 0 Å². The zero-order chi connectivity index (χ0) is 15.9. The predicted molar refractivity (Wildman–Crippen MR) is 80.0 cm³/mol. The third-order valence-corrected chi connectivity index (χ3v) is 4.44. The normalized spacial score (nSPS) is 25.1. The smallest absolute Gasteiger partial charge is 0.256 e. The molecule has 1 aliphatic heterocycles. The molecule has 1 saturated heterocycles. The summed E-state index contributed by atoms with van der Waals surface area (Å²) in [5, 5.41) is 0. The zero-order valence-electron chi connectivity index (χ0n) is 12.6. The number of imidazole rings is 1. The molecule has 0 saturated carbocycles. The quantitative estimate of drug-likeness (QED) is 0.894. The van der Waals surface area contributed by atoms with Crippen molar-refractivity contribution in [2.75, 3.05) is 20.2 Å². The number of likely N-dealkylation sites (tertiary alicyclic amines) is 1.